The zero-order chi connectivity index (χ0) is 20.3. The number of aryl methyl sites for hydroxylation is 1. The van der Waals surface area contributed by atoms with Gasteiger partial charge >= 0.3 is 0 Å². The molecule has 1 saturated heterocycles. The van der Waals surface area contributed by atoms with Gasteiger partial charge in [0.25, 0.3) is 5.70 Å². The summed E-state index contributed by atoms with van der Waals surface area (Å²) in [6.45, 7) is 6.90. The van der Waals surface area contributed by atoms with Gasteiger partial charge in [-0.3, -0.25) is 10.1 Å². The first kappa shape index (κ1) is 20.2. The van der Waals surface area contributed by atoms with Crippen molar-refractivity contribution >= 4 is 5.82 Å². The fraction of sp³-hybridized carbons (Fsp3) is 0.579. The van der Waals surface area contributed by atoms with E-state index in [1.165, 1.54) is 6.08 Å². The molecule has 2 unspecified atom stereocenters. The van der Waals surface area contributed by atoms with Gasteiger partial charge in [0.1, 0.15) is 17.1 Å². The van der Waals surface area contributed by atoms with Crippen LogP contribution in [0.4, 0.5) is 5.82 Å². The number of rotatable bonds is 7. The lowest BCUT2D eigenvalue weighted by Crippen LogP contribution is -2.41. The molecule has 2 aliphatic rings. The minimum Gasteiger partial charge on any atom is -0.393 e. The molecule has 3 rings (SSSR count). The molecule has 0 spiro atoms. The van der Waals surface area contributed by atoms with E-state index in [1.807, 2.05) is 6.07 Å². The van der Waals surface area contributed by atoms with E-state index in [0.717, 1.165) is 50.4 Å². The molecule has 1 aliphatic carbocycles. The van der Waals surface area contributed by atoms with Gasteiger partial charge in [0.15, 0.2) is 5.82 Å². The van der Waals surface area contributed by atoms with E-state index in [4.69, 9.17) is 16.5 Å². The Morgan fingerprint density at radius 1 is 1.43 bits per heavy atom. The summed E-state index contributed by atoms with van der Waals surface area (Å²) in [6, 6.07) is 2.44. The number of nitrogens with one attached hydrogen (secondary N) is 1. The Kier molecular flexibility index (Phi) is 5.95. The molecule has 1 aromatic rings. The van der Waals surface area contributed by atoms with E-state index in [2.05, 4.69) is 29.0 Å². The zero-order valence-corrected chi connectivity index (χ0v) is 16.5. The van der Waals surface area contributed by atoms with Crippen molar-refractivity contribution in [2.24, 2.45) is 11.5 Å². The van der Waals surface area contributed by atoms with Gasteiger partial charge in [0.2, 0.25) is 0 Å². The fourth-order valence-corrected chi connectivity index (χ4v) is 3.76. The first-order valence-corrected chi connectivity index (χ1v) is 9.84. The molecule has 0 saturated carbocycles. The number of nitrogens with zero attached hydrogens (tertiary/aromatic N) is 4. The van der Waals surface area contributed by atoms with Gasteiger partial charge in [-0.25, -0.2) is 9.97 Å². The minimum absolute atomic E-state index is 0.0304. The summed E-state index contributed by atoms with van der Waals surface area (Å²) >= 11 is 0. The van der Waals surface area contributed by atoms with Crippen molar-refractivity contribution in [1.82, 2.24) is 15.3 Å². The molecule has 2 atom stereocenters. The van der Waals surface area contributed by atoms with Crippen molar-refractivity contribution in [2.45, 2.75) is 51.1 Å². The van der Waals surface area contributed by atoms with Gasteiger partial charge in [-0.15, -0.1) is 0 Å². The summed E-state index contributed by atoms with van der Waals surface area (Å²) in [4.78, 5) is 22.5. The highest BCUT2D eigenvalue weighted by Gasteiger charge is 2.38. The molecule has 0 amide bonds. The molecule has 5 N–H and O–H groups in total. The lowest BCUT2D eigenvalue weighted by Gasteiger charge is -2.28. The van der Waals surface area contributed by atoms with Crippen LogP contribution in [-0.2, 0) is 12.0 Å². The number of aromatic nitrogens is 2. The van der Waals surface area contributed by atoms with Crippen LogP contribution in [0.15, 0.2) is 29.6 Å². The second-order valence-corrected chi connectivity index (χ2v) is 7.49. The summed E-state index contributed by atoms with van der Waals surface area (Å²) in [5.74, 6) is 1.24. The van der Waals surface area contributed by atoms with Crippen LogP contribution in [0.2, 0.25) is 0 Å². The van der Waals surface area contributed by atoms with Gasteiger partial charge in [0.05, 0.1) is 11.3 Å². The van der Waals surface area contributed by atoms with Crippen LogP contribution < -0.4 is 21.7 Å². The van der Waals surface area contributed by atoms with Crippen LogP contribution >= 0.6 is 0 Å². The van der Waals surface area contributed by atoms with Crippen LogP contribution in [0.3, 0.4) is 0 Å². The Bertz CT molecular complexity index is 807. The molecular weight excluding hydrogens is 358 g/mol. The van der Waals surface area contributed by atoms with Gasteiger partial charge < -0.3 is 21.7 Å². The highest BCUT2D eigenvalue weighted by molar-refractivity contribution is 5.44. The largest absolute Gasteiger partial charge is 0.393 e. The first-order valence-electron chi connectivity index (χ1n) is 9.84. The topological polar surface area (TPSA) is 136 Å². The summed E-state index contributed by atoms with van der Waals surface area (Å²) in [5, 5.41) is 14.8. The number of nitrogens with two attached hydrogens (primary N) is 2. The maximum atomic E-state index is 11.3. The minimum atomic E-state index is -1.15. The van der Waals surface area contributed by atoms with E-state index in [0.29, 0.717) is 11.9 Å². The SMILES string of the molecule is CCCc1cc(N2CCC(NCC)C2)nc(C2(N)C=CC(N)=C([N+](=O)[O-])C2)n1. The van der Waals surface area contributed by atoms with Crippen LogP contribution in [0.25, 0.3) is 0 Å². The molecule has 0 radical (unpaired) electrons. The third-order valence-electron chi connectivity index (χ3n) is 5.27. The van der Waals surface area contributed by atoms with E-state index in [9.17, 15) is 10.1 Å². The molecule has 0 bridgehead atoms. The molecule has 9 nitrogen and oxygen atoms in total. The molecular formula is C19H29N7O2. The fourth-order valence-electron chi connectivity index (χ4n) is 3.76. The number of hydrogen-bond donors (Lipinski definition) is 3. The Balaban J connectivity index is 1.94. The molecule has 28 heavy (non-hydrogen) atoms. The monoisotopic (exact) mass is 387 g/mol. The van der Waals surface area contributed by atoms with Gasteiger partial charge in [-0.1, -0.05) is 26.3 Å². The smallest absolute Gasteiger partial charge is 0.271 e. The third-order valence-corrected chi connectivity index (χ3v) is 5.27. The number of nitro groups is 1. The second kappa shape index (κ2) is 8.24. The zero-order valence-electron chi connectivity index (χ0n) is 16.5. The van der Waals surface area contributed by atoms with E-state index in [1.54, 1.807) is 6.08 Å². The van der Waals surface area contributed by atoms with Crippen LogP contribution in [0.1, 0.15) is 44.6 Å². The standard InChI is InChI=1S/C19H29N7O2/c1-3-5-13-10-17(25-9-7-14(12-25)22-4-2)24-18(23-13)19(21)8-6-15(20)16(11-19)26(27)28/h6,8,10,14,22H,3-5,7,9,11-12,20-21H2,1-2H3. The Hall–Kier alpha value is -2.52. The quantitative estimate of drug-likeness (QED) is 0.469. The number of anilines is 1. The van der Waals surface area contributed by atoms with Gasteiger partial charge in [-0.2, -0.15) is 0 Å². The van der Waals surface area contributed by atoms with Crippen LogP contribution in [-0.4, -0.2) is 40.6 Å². The summed E-state index contributed by atoms with van der Waals surface area (Å²) in [6.07, 6.45) is 5.93. The average Bonchev–Trinajstić information content (AvgIpc) is 3.13. The molecule has 1 aliphatic heterocycles. The van der Waals surface area contributed by atoms with Crippen molar-refractivity contribution in [3.8, 4) is 0 Å². The summed E-state index contributed by atoms with van der Waals surface area (Å²) in [7, 11) is 0. The predicted octanol–water partition coefficient (Wildman–Crippen LogP) is 1.18. The predicted molar refractivity (Wildman–Crippen MR) is 108 cm³/mol. The molecule has 2 heterocycles. The molecule has 0 aromatic carbocycles. The van der Waals surface area contributed by atoms with Crippen molar-refractivity contribution in [2.75, 3.05) is 24.5 Å². The summed E-state index contributed by atoms with van der Waals surface area (Å²) in [5.41, 5.74) is 12.1. The Morgan fingerprint density at radius 2 is 2.21 bits per heavy atom. The molecule has 1 aromatic heterocycles. The lowest BCUT2D eigenvalue weighted by atomic mass is 9.88. The highest BCUT2D eigenvalue weighted by atomic mass is 16.6. The summed E-state index contributed by atoms with van der Waals surface area (Å²) < 4.78 is 0. The van der Waals surface area contributed by atoms with E-state index in [-0.39, 0.29) is 17.8 Å². The van der Waals surface area contributed by atoms with Crippen molar-refractivity contribution in [3.05, 3.63) is 51.2 Å². The normalized spacial score (nSPS) is 24.8. The third kappa shape index (κ3) is 4.15. The van der Waals surface area contributed by atoms with Crippen molar-refractivity contribution < 1.29 is 4.92 Å². The average molecular weight is 387 g/mol. The van der Waals surface area contributed by atoms with E-state index >= 15 is 0 Å². The number of hydrogen-bond acceptors (Lipinski definition) is 8. The number of allylic oxidation sites excluding steroid dienone is 1. The van der Waals surface area contributed by atoms with Gasteiger partial charge in [-0.05, 0) is 25.5 Å². The van der Waals surface area contributed by atoms with E-state index < -0.39 is 10.5 Å². The van der Waals surface area contributed by atoms with Crippen LogP contribution in [0.5, 0.6) is 0 Å². The molecule has 1 fully saturated rings. The van der Waals surface area contributed by atoms with Gasteiger partial charge in [0, 0.05) is 30.9 Å². The lowest BCUT2D eigenvalue weighted by molar-refractivity contribution is -0.430. The van der Waals surface area contributed by atoms with Crippen LogP contribution in [0, 0.1) is 10.1 Å². The highest BCUT2D eigenvalue weighted by Crippen LogP contribution is 2.32. The molecule has 152 valence electrons. The Labute approximate surface area is 165 Å². The maximum Gasteiger partial charge on any atom is 0.271 e. The van der Waals surface area contributed by atoms with Crippen molar-refractivity contribution in [1.29, 1.82) is 0 Å². The second-order valence-electron chi connectivity index (χ2n) is 7.49. The Morgan fingerprint density at radius 3 is 2.89 bits per heavy atom. The maximum absolute atomic E-state index is 11.3. The molecule has 9 heteroatoms. The number of likely N-dealkylation sites (N-methyl/N-ethyl adjacent to an activating group) is 1. The first-order chi connectivity index (χ1) is 13.4. The van der Waals surface area contributed by atoms with Crippen molar-refractivity contribution in [3.63, 3.8) is 0 Å².